The molecule has 2 N–H and O–H groups in total. The summed E-state index contributed by atoms with van der Waals surface area (Å²) in [6.45, 7) is 3.79. The second kappa shape index (κ2) is 6.26. The SMILES string of the molecule is CC(C)(CCO)CNC(=O)c1ccccc1C(F)(F)F. The van der Waals surface area contributed by atoms with E-state index in [4.69, 9.17) is 5.11 Å². The van der Waals surface area contributed by atoms with Crippen molar-refractivity contribution in [2.45, 2.75) is 26.4 Å². The minimum absolute atomic E-state index is 0.0397. The third-order valence-corrected chi connectivity index (χ3v) is 2.99. The normalized spacial score (nSPS) is 12.3. The molecule has 112 valence electrons. The number of halogens is 3. The molecule has 0 saturated heterocycles. The lowest BCUT2D eigenvalue weighted by atomic mass is 9.89. The van der Waals surface area contributed by atoms with E-state index in [0.717, 1.165) is 12.1 Å². The van der Waals surface area contributed by atoms with Crippen LogP contribution >= 0.6 is 0 Å². The molecular weight excluding hydrogens is 271 g/mol. The smallest absolute Gasteiger partial charge is 0.396 e. The predicted octanol–water partition coefficient (Wildman–Crippen LogP) is 2.84. The standard InChI is InChI=1S/C14H18F3NO2/c1-13(2,7-8-19)9-18-12(20)10-5-3-4-6-11(10)14(15,16)17/h3-6,19H,7-9H2,1-2H3,(H,18,20). The van der Waals surface area contributed by atoms with Gasteiger partial charge in [0.15, 0.2) is 0 Å². The fourth-order valence-corrected chi connectivity index (χ4v) is 1.73. The predicted molar refractivity (Wildman–Crippen MR) is 69.3 cm³/mol. The lowest BCUT2D eigenvalue weighted by Crippen LogP contribution is -2.35. The van der Waals surface area contributed by atoms with E-state index in [-0.39, 0.29) is 24.1 Å². The number of hydrogen-bond donors (Lipinski definition) is 2. The number of carbonyl (C=O) groups excluding carboxylic acids is 1. The van der Waals surface area contributed by atoms with E-state index in [1.807, 2.05) is 13.8 Å². The van der Waals surface area contributed by atoms with Crippen LogP contribution in [0.5, 0.6) is 0 Å². The number of carbonyl (C=O) groups is 1. The summed E-state index contributed by atoms with van der Waals surface area (Å²) in [4.78, 5) is 11.9. The van der Waals surface area contributed by atoms with Crippen LogP contribution in [0, 0.1) is 5.41 Å². The molecule has 0 aliphatic rings. The number of rotatable bonds is 5. The van der Waals surface area contributed by atoms with Gasteiger partial charge in [0.2, 0.25) is 0 Å². The van der Waals surface area contributed by atoms with Gasteiger partial charge >= 0.3 is 6.18 Å². The Morgan fingerprint density at radius 3 is 2.40 bits per heavy atom. The molecule has 1 aromatic rings. The summed E-state index contributed by atoms with van der Waals surface area (Å²) in [7, 11) is 0. The van der Waals surface area contributed by atoms with Gasteiger partial charge in [-0.3, -0.25) is 4.79 Å². The maximum Gasteiger partial charge on any atom is 0.417 e. The quantitative estimate of drug-likeness (QED) is 0.875. The van der Waals surface area contributed by atoms with Gasteiger partial charge in [-0.15, -0.1) is 0 Å². The molecule has 0 aromatic heterocycles. The highest BCUT2D eigenvalue weighted by Gasteiger charge is 2.35. The van der Waals surface area contributed by atoms with Gasteiger partial charge in [0.25, 0.3) is 5.91 Å². The number of benzene rings is 1. The van der Waals surface area contributed by atoms with Gasteiger partial charge in [0.1, 0.15) is 0 Å². The molecule has 0 fully saturated rings. The Kier molecular flexibility index (Phi) is 5.16. The van der Waals surface area contributed by atoms with E-state index in [1.54, 1.807) is 0 Å². The molecule has 0 bridgehead atoms. The van der Waals surface area contributed by atoms with Crippen molar-refractivity contribution in [1.29, 1.82) is 0 Å². The molecule has 0 radical (unpaired) electrons. The molecule has 0 unspecified atom stereocenters. The van der Waals surface area contributed by atoms with E-state index >= 15 is 0 Å². The van der Waals surface area contributed by atoms with Gasteiger partial charge in [-0.05, 0) is 24.0 Å². The van der Waals surface area contributed by atoms with Gasteiger partial charge in [-0.25, -0.2) is 0 Å². The number of amides is 1. The van der Waals surface area contributed by atoms with Crippen molar-refractivity contribution < 1.29 is 23.1 Å². The third-order valence-electron chi connectivity index (χ3n) is 2.99. The Morgan fingerprint density at radius 1 is 1.25 bits per heavy atom. The lowest BCUT2D eigenvalue weighted by molar-refractivity contribution is -0.137. The Balaban J connectivity index is 2.84. The molecule has 6 heteroatoms. The monoisotopic (exact) mass is 289 g/mol. The fraction of sp³-hybridized carbons (Fsp3) is 0.500. The highest BCUT2D eigenvalue weighted by Crippen LogP contribution is 2.31. The Morgan fingerprint density at radius 2 is 1.85 bits per heavy atom. The fourth-order valence-electron chi connectivity index (χ4n) is 1.73. The summed E-state index contributed by atoms with van der Waals surface area (Å²) >= 11 is 0. The highest BCUT2D eigenvalue weighted by molar-refractivity contribution is 5.95. The van der Waals surface area contributed by atoms with Crippen LogP contribution in [0.3, 0.4) is 0 Å². The number of nitrogens with one attached hydrogen (secondary N) is 1. The van der Waals surface area contributed by atoms with Gasteiger partial charge in [-0.1, -0.05) is 26.0 Å². The summed E-state index contributed by atoms with van der Waals surface area (Å²) < 4.78 is 38.4. The van der Waals surface area contributed by atoms with Crippen LogP contribution in [0.15, 0.2) is 24.3 Å². The van der Waals surface area contributed by atoms with Gasteiger partial charge in [0.05, 0.1) is 11.1 Å². The maximum absolute atomic E-state index is 12.8. The van der Waals surface area contributed by atoms with Crippen molar-refractivity contribution in [3.05, 3.63) is 35.4 Å². The van der Waals surface area contributed by atoms with Gasteiger partial charge in [-0.2, -0.15) is 13.2 Å². The third kappa shape index (κ3) is 4.52. The topological polar surface area (TPSA) is 49.3 Å². The van der Waals surface area contributed by atoms with Crippen LogP contribution in [0.1, 0.15) is 36.2 Å². The average molecular weight is 289 g/mol. The summed E-state index contributed by atoms with van der Waals surface area (Å²) in [5, 5.41) is 11.4. The molecule has 0 aliphatic heterocycles. The number of aliphatic hydroxyl groups is 1. The zero-order valence-corrected chi connectivity index (χ0v) is 11.4. The number of hydrogen-bond acceptors (Lipinski definition) is 2. The lowest BCUT2D eigenvalue weighted by Gasteiger charge is -2.24. The molecule has 3 nitrogen and oxygen atoms in total. The Bertz CT molecular complexity index is 470. The van der Waals surface area contributed by atoms with Crippen LogP contribution < -0.4 is 5.32 Å². The summed E-state index contributed by atoms with van der Waals surface area (Å²) in [6, 6.07) is 4.67. The van der Waals surface area contributed by atoms with Crippen LogP contribution in [-0.2, 0) is 6.18 Å². The molecule has 0 saturated carbocycles. The Labute approximate surface area is 115 Å². The molecule has 1 aromatic carbocycles. The van der Waals surface area contributed by atoms with Gasteiger partial charge < -0.3 is 10.4 Å². The van der Waals surface area contributed by atoms with Crippen molar-refractivity contribution in [1.82, 2.24) is 5.32 Å². The molecule has 0 spiro atoms. The molecular formula is C14H18F3NO2. The largest absolute Gasteiger partial charge is 0.417 e. The zero-order chi connectivity index (χ0) is 15.4. The van der Waals surface area contributed by atoms with E-state index in [0.29, 0.717) is 6.42 Å². The van der Waals surface area contributed by atoms with Crippen LogP contribution in [0.25, 0.3) is 0 Å². The number of alkyl halides is 3. The molecule has 1 amide bonds. The van der Waals surface area contributed by atoms with E-state index in [9.17, 15) is 18.0 Å². The first-order chi connectivity index (χ1) is 9.17. The Hall–Kier alpha value is -1.56. The molecule has 0 aliphatic carbocycles. The second-order valence-electron chi connectivity index (χ2n) is 5.36. The summed E-state index contributed by atoms with van der Waals surface area (Å²) in [5.74, 6) is -0.760. The van der Waals surface area contributed by atoms with Crippen LogP contribution in [-0.4, -0.2) is 24.2 Å². The maximum atomic E-state index is 12.8. The molecule has 20 heavy (non-hydrogen) atoms. The van der Waals surface area contributed by atoms with E-state index < -0.39 is 17.6 Å². The van der Waals surface area contributed by atoms with Crippen molar-refractivity contribution >= 4 is 5.91 Å². The first-order valence-electron chi connectivity index (χ1n) is 6.23. The summed E-state index contributed by atoms with van der Waals surface area (Å²) in [6.07, 6.45) is -4.11. The van der Waals surface area contributed by atoms with Crippen molar-refractivity contribution in [3.8, 4) is 0 Å². The number of aliphatic hydroxyl groups excluding tert-OH is 1. The van der Waals surface area contributed by atoms with E-state index in [1.165, 1.54) is 12.1 Å². The average Bonchev–Trinajstić information content (AvgIpc) is 2.35. The molecule has 0 heterocycles. The first-order valence-corrected chi connectivity index (χ1v) is 6.23. The van der Waals surface area contributed by atoms with Crippen LogP contribution in [0.4, 0.5) is 13.2 Å². The second-order valence-corrected chi connectivity index (χ2v) is 5.36. The zero-order valence-electron chi connectivity index (χ0n) is 11.4. The van der Waals surface area contributed by atoms with Gasteiger partial charge in [0, 0.05) is 13.2 Å². The van der Waals surface area contributed by atoms with Crippen molar-refractivity contribution in [2.24, 2.45) is 5.41 Å². The minimum Gasteiger partial charge on any atom is -0.396 e. The highest BCUT2D eigenvalue weighted by atomic mass is 19.4. The van der Waals surface area contributed by atoms with E-state index in [2.05, 4.69) is 5.32 Å². The minimum atomic E-state index is -4.56. The van der Waals surface area contributed by atoms with Crippen molar-refractivity contribution in [2.75, 3.05) is 13.2 Å². The molecule has 1 rings (SSSR count). The molecule has 0 atom stereocenters. The first kappa shape index (κ1) is 16.5. The summed E-state index contributed by atoms with van der Waals surface area (Å²) in [5.41, 5.74) is -1.71. The van der Waals surface area contributed by atoms with Crippen LogP contribution in [0.2, 0.25) is 0 Å². The van der Waals surface area contributed by atoms with Crippen molar-refractivity contribution in [3.63, 3.8) is 0 Å².